The zero-order valence-corrected chi connectivity index (χ0v) is 10.9. The van der Waals surface area contributed by atoms with Crippen molar-refractivity contribution in [2.45, 2.75) is 18.0 Å². The Morgan fingerprint density at radius 3 is 1.64 bits per heavy atom. The molecule has 0 aliphatic rings. The molecule has 118 valence electrons. The van der Waals surface area contributed by atoms with Crippen molar-refractivity contribution in [2.75, 3.05) is 0 Å². The molecule has 1 unspecified atom stereocenters. The third-order valence-corrected chi connectivity index (χ3v) is 3.21. The van der Waals surface area contributed by atoms with Crippen LogP contribution >= 0.6 is 0 Å². The molecule has 0 bridgehead atoms. The first-order chi connectivity index (χ1) is 10.1. The number of hydrogen-bond acceptors (Lipinski definition) is 1. The van der Waals surface area contributed by atoms with E-state index in [1.54, 1.807) is 0 Å². The van der Waals surface area contributed by atoms with Crippen LogP contribution in [-0.4, -0.2) is 11.3 Å². The molecule has 2 aromatic carbocycles. The lowest BCUT2D eigenvalue weighted by molar-refractivity contribution is -0.248. The molecule has 0 saturated heterocycles. The van der Waals surface area contributed by atoms with E-state index in [1.807, 2.05) is 0 Å². The van der Waals surface area contributed by atoms with Crippen LogP contribution in [0.3, 0.4) is 0 Å². The number of alkyl halides is 6. The Morgan fingerprint density at radius 1 is 0.636 bits per heavy atom. The van der Waals surface area contributed by atoms with Crippen molar-refractivity contribution < 1.29 is 31.4 Å². The van der Waals surface area contributed by atoms with Gasteiger partial charge in [-0.15, -0.1) is 0 Å². The van der Waals surface area contributed by atoms with Crippen LogP contribution in [0.1, 0.15) is 16.7 Å². The molecule has 0 aliphatic heterocycles. The van der Waals surface area contributed by atoms with Crippen molar-refractivity contribution in [2.24, 2.45) is 0 Å². The fraction of sp³-hybridized carbons (Fsp3) is 0.200. The minimum atomic E-state index is -5.18. The van der Waals surface area contributed by atoms with E-state index in [0.29, 0.717) is 12.1 Å². The van der Waals surface area contributed by atoms with Gasteiger partial charge in [-0.1, -0.05) is 42.5 Å². The van der Waals surface area contributed by atoms with E-state index in [4.69, 9.17) is 0 Å². The van der Waals surface area contributed by atoms with Crippen LogP contribution in [0.25, 0.3) is 0 Å². The normalized spacial score (nSPS) is 15.4. The molecular formula is C15H10F6O. The van der Waals surface area contributed by atoms with Gasteiger partial charge in [0, 0.05) is 0 Å². The second-order valence-electron chi connectivity index (χ2n) is 4.65. The second kappa shape index (κ2) is 5.31. The summed E-state index contributed by atoms with van der Waals surface area (Å²) in [6.07, 6.45) is -9.99. The van der Waals surface area contributed by atoms with E-state index in [9.17, 15) is 31.4 Å². The molecule has 0 aliphatic carbocycles. The van der Waals surface area contributed by atoms with Gasteiger partial charge in [0.05, 0.1) is 5.56 Å². The Kier molecular flexibility index (Phi) is 3.95. The molecule has 0 fully saturated rings. The summed E-state index contributed by atoms with van der Waals surface area (Å²) in [5.41, 5.74) is -6.22. The molecule has 0 saturated carbocycles. The highest BCUT2D eigenvalue weighted by Crippen LogP contribution is 2.45. The summed E-state index contributed by atoms with van der Waals surface area (Å²) in [7, 11) is 0. The van der Waals surface area contributed by atoms with Gasteiger partial charge in [0.1, 0.15) is 0 Å². The zero-order chi connectivity index (χ0) is 16.6. The molecule has 0 spiro atoms. The van der Waals surface area contributed by atoms with Gasteiger partial charge in [0.15, 0.2) is 0 Å². The zero-order valence-electron chi connectivity index (χ0n) is 10.9. The summed E-state index contributed by atoms with van der Waals surface area (Å²) in [5, 5.41) is 10.2. The maximum atomic E-state index is 13.4. The summed E-state index contributed by atoms with van der Waals surface area (Å²) in [6, 6.07) is 8.58. The minimum Gasteiger partial charge on any atom is -0.372 e. The summed E-state index contributed by atoms with van der Waals surface area (Å²) < 4.78 is 78.2. The number of hydrogen-bond donors (Lipinski definition) is 1. The standard InChI is InChI=1S/C15H10F6O/c16-14(17,18)12-8-4-7-11(9-12)13(22,15(19,20)21)10-5-2-1-3-6-10/h1-9,22H. The lowest BCUT2D eigenvalue weighted by Crippen LogP contribution is -2.43. The number of halogens is 6. The molecule has 0 aromatic heterocycles. The van der Waals surface area contributed by atoms with Crippen LogP contribution in [-0.2, 0) is 11.8 Å². The summed E-state index contributed by atoms with van der Waals surface area (Å²) in [6.45, 7) is 0. The Morgan fingerprint density at radius 2 is 1.14 bits per heavy atom. The van der Waals surface area contributed by atoms with Crippen LogP contribution in [0.5, 0.6) is 0 Å². The van der Waals surface area contributed by atoms with Crippen LogP contribution in [0.15, 0.2) is 54.6 Å². The van der Waals surface area contributed by atoms with Crippen molar-refractivity contribution >= 4 is 0 Å². The predicted molar refractivity (Wildman–Crippen MR) is 66.9 cm³/mol. The maximum absolute atomic E-state index is 13.4. The number of aliphatic hydroxyl groups is 1. The molecule has 1 nitrogen and oxygen atoms in total. The summed E-state index contributed by atoms with van der Waals surface area (Å²) in [5.74, 6) is 0. The quantitative estimate of drug-likeness (QED) is 0.808. The van der Waals surface area contributed by atoms with E-state index >= 15 is 0 Å². The smallest absolute Gasteiger partial charge is 0.372 e. The van der Waals surface area contributed by atoms with Crippen LogP contribution in [0, 0.1) is 0 Å². The lowest BCUT2D eigenvalue weighted by atomic mass is 9.85. The predicted octanol–water partition coefficient (Wildman–Crippen LogP) is 4.50. The van der Waals surface area contributed by atoms with E-state index in [1.165, 1.54) is 18.2 Å². The van der Waals surface area contributed by atoms with Gasteiger partial charge >= 0.3 is 12.4 Å². The van der Waals surface area contributed by atoms with Crippen molar-refractivity contribution in [3.05, 3.63) is 71.3 Å². The molecule has 1 atom stereocenters. The molecule has 1 N–H and O–H groups in total. The Hall–Kier alpha value is -2.02. The molecule has 0 amide bonds. The Balaban J connectivity index is 2.67. The van der Waals surface area contributed by atoms with E-state index < -0.39 is 34.6 Å². The van der Waals surface area contributed by atoms with Gasteiger partial charge in [-0.05, 0) is 23.3 Å². The van der Waals surface area contributed by atoms with Gasteiger partial charge in [-0.3, -0.25) is 0 Å². The van der Waals surface area contributed by atoms with E-state index in [-0.39, 0.29) is 0 Å². The van der Waals surface area contributed by atoms with Crippen LogP contribution < -0.4 is 0 Å². The molecule has 0 heterocycles. The molecular weight excluding hydrogens is 310 g/mol. The molecule has 22 heavy (non-hydrogen) atoms. The third kappa shape index (κ3) is 2.81. The second-order valence-corrected chi connectivity index (χ2v) is 4.65. The molecule has 2 rings (SSSR count). The molecule has 0 radical (unpaired) electrons. The summed E-state index contributed by atoms with van der Waals surface area (Å²) >= 11 is 0. The Bertz CT molecular complexity index is 647. The maximum Gasteiger partial charge on any atom is 0.425 e. The van der Waals surface area contributed by atoms with Gasteiger partial charge < -0.3 is 5.11 Å². The topological polar surface area (TPSA) is 20.2 Å². The van der Waals surface area contributed by atoms with Crippen molar-refractivity contribution in [1.82, 2.24) is 0 Å². The Labute approximate surface area is 121 Å². The first-order valence-corrected chi connectivity index (χ1v) is 6.09. The fourth-order valence-electron chi connectivity index (χ4n) is 2.09. The molecule has 7 heteroatoms. The van der Waals surface area contributed by atoms with E-state index in [0.717, 1.165) is 24.3 Å². The van der Waals surface area contributed by atoms with Gasteiger partial charge in [0.2, 0.25) is 5.60 Å². The number of rotatable bonds is 2. The summed E-state index contributed by atoms with van der Waals surface area (Å²) in [4.78, 5) is 0. The highest BCUT2D eigenvalue weighted by molar-refractivity contribution is 5.40. The van der Waals surface area contributed by atoms with Gasteiger partial charge in [-0.25, -0.2) is 0 Å². The van der Waals surface area contributed by atoms with Crippen LogP contribution in [0.2, 0.25) is 0 Å². The average Bonchev–Trinajstić information content (AvgIpc) is 2.45. The largest absolute Gasteiger partial charge is 0.425 e. The SMILES string of the molecule is OC(c1ccccc1)(c1cccc(C(F)(F)F)c1)C(F)(F)F. The first kappa shape index (κ1) is 16.4. The molecule has 2 aromatic rings. The van der Waals surface area contributed by atoms with Gasteiger partial charge in [0.25, 0.3) is 0 Å². The minimum absolute atomic E-state index is 0.306. The van der Waals surface area contributed by atoms with Crippen molar-refractivity contribution in [1.29, 1.82) is 0 Å². The van der Waals surface area contributed by atoms with Crippen LogP contribution in [0.4, 0.5) is 26.3 Å². The average molecular weight is 320 g/mol. The highest BCUT2D eigenvalue weighted by atomic mass is 19.4. The highest BCUT2D eigenvalue weighted by Gasteiger charge is 2.56. The van der Waals surface area contributed by atoms with E-state index in [2.05, 4.69) is 0 Å². The number of benzene rings is 2. The van der Waals surface area contributed by atoms with Crippen molar-refractivity contribution in [3.63, 3.8) is 0 Å². The van der Waals surface area contributed by atoms with Crippen molar-refractivity contribution in [3.8, 4) is 0 Å². The fourth-order valence-corrected chi connectivity index (χ4v) is 2.09. The lowest BCUT2D eigenvalue weighted by Gasteiger charge is -2.31. The first-order valence-electron chi connectivity index (χ1n) is 6.09. The monoisotopic (exact) mass is 320 g/mol. The van der Waals surface area contributed by atoms with Gasteiger partial charge in [-0.2, -0.15) is 26.3 Å². The third-order valence-electron chi connectivity index (χ3n) is 3.21.